The zero-order chi connectivity index (χ0) is 14.5. The number of hydrogen-bond donors (Lipinski definition) is 2. The van der Waals surface area contributed by atoms with Crippen LogP contribution >= 0.6 is 0 Å². The van der Waals surface area contributed by atoms with Crippen LogP contribution in [0.15, 0.2) is 0 Å². The van der Waals surface area contributed by atoms with Crippen LogP contribution in [0.25, 0.3) is 0 Å². The summed E-state index contributed by atoms with van der Waals surface area (Å²) in [4.78, 5) is 24.6. The number of aliphatic carboxylic acids is 1. The van der Waals surface area contributed by atoms with Gasteiger partial charge in [-0.1, -0.05) is 6.92 Å². The predicted molar refractivity (Wildman–Crippen MR) is 71.0 cm³/mol. The Bertz CT molecular complexity index is 327. The lowest BCUT2D eigenvalue weighted by Gasteiger charge is -2.36. The summed E-state index contributed by atoms with van der Waals surface area (Å²) in [5, 5.41) is 11.9. The van der Waals surface area contributed by atoms with Crippen molar-refractivity contribution < 1.29 is 19.4 Å². The molecule has 0 aromatic heterocycles. The highest BCUT2D eigenvalue weighted by atomic mass is 16.5. The molecule has 1 fully saturated rings. The number of nitrogens with zero attached hydrogens (tertiary/aromatic N) is 1. The number of hydrogen-bond acceptors (Lipinski definition) is 3. The third-order valence-corrected chi connectivity index (χ3v) is 3.59. The van der Waals surface area contributed by atoms with Crippen LogP contribution in [0.2, 0.25) is 0 Å². The van der Waals surface area contributed by atoms with Gasteiger partial charge in [-0.2, -0.15) is 0 Å². The quantitative estimate of drug-likeness (QED) is 0.791. The van der Waals surface area contributed by atoms with Gasteiger partial charge in [0.05, 0.1) is 5.92 Å². The molecule has 0 saturated carbocycles. The molecule has 1 aliphatic heterocycles. The SMILES string of the molecule is CCN(CC(C)C(=O)O)C(=O)NC1(C)CCOCC1. The summed E-state index contributed by atoms with van der Waals surface area (Å²) in [6, 6.07) is -0.194. The average molecular weight is 272 g/mol. The van der Waals surface area contributed by atoms with Crippen LogP contribution in [0.5, 0.6) is 0 Å². The monoisotopic (exact) mass is 272 g/mol. The van der Waals surface area contributed by atoms with E-state index in [1.54, 1.807) is 11.8 Å². The number of carboxylic acids is 1. The molecule has 0 bridgehead atoms. The van der Waals surface area contributed by atoms with Crippen LogP contribution in [-0.2, 0) is 9.53 Å². The Balaban J connectivity index is 2.55. The summed E-state index contributed by atoms with van der Waals surface area (Å²) in [5.41, 5.74) is -0.255. The maximum absolute atomic E-state index is 12.2. The molecule has 19 heavy (non-hydrogen) atoms. The van der Waals surface area contributed by atoms with Crippen LogP contribution in [0, 0.1) is 5.92 Å². The second-order valence-electron chi connectivity index (χ2n) is 5.38. The maximum Gasteiger partial charge on any atom is 0.317 e. The van der Waals surface area contributed by atoms with E-state index < -0.39 is 11.9 Å². The molecule has 0 aromatic rings. The molecule has 1 rings (SSSR count). The van der Waals surface area contributed by atoms with Crippen LogP contribution in [0.3, 0.4) is 0 Å². The summed E-state index contributed by atoms with van der Waals surface area (Å²) in [7, 11) is 0. The van der Waals surface area contributed by atoms with Gasteiger partial charge in [0.25, 0.3) is 0 Å². The number of nitrogens with one attached hydrogen (secondary N) is 1. The molecule has 0 radical (unpaired) electrons. The molecule has 1 heterocycles. The third kappa shape index (κ3) is 4.70. The second kappa shape index (κ2) is 6.75. The highest BCUT2D eigenvalue weighted by molar-refractivity contribution is 5.76. The summed E-state index contributed by atoms with van der Waals surface area (Å²) in [6.45, 7) is 7.47. The van der Waals surface area contributed by atoms with Gasteiger partial charge in [-0.25, -0.2) is 4.79 Å². The van der Waals surface area contributed by atoms with Gasteiger partial charge in [-0.15, -0.1) is 0 Å². The van der Waals surface area contributed by atoms with E-state index in [1.165, 1.54) is 0 Å². The first-order valence-corrected chi connectivity index (χ1v) is 6.75. The summed E-state index contributed by atoms with van der Waals surface area (Å²) >= 11 is 0. The fourth-order valence-corrected chi connectivity index (χ4v) is 2.05. The minimum Gasteiger partial charge on any atom is -0.481 e. The van der Waals surface area contributed by atoms with Gasteiger partial charge in [0.2, 0.25) is 0 Å². The smallest absolute Gasteiger partial charge is 0.317 e. The zero-order valence-corrected chi connectivity index (χ0v) is 11.9. The Morgan fingerprint density at radius 2 is 2.00 bits per heavy atom. The maximum atomic E-state index is 12.2. The zero-order valence-electron chi connectivity index (χ0n) is 11.9. The Morgan fingerprint density at radius 3 is 2.47 bits per heavy atom. The number of carbonyl (C=O) groups is 2. The normalized spacial score (nSPS) is 19.5. The van der Waals surface area contributed by atoms with Gasteiger partial charge >= 0.3 is 12.0 Å². The van der Waals surface area contributed by atoms with Gasteiger partial charge < -0.3 is 20.1 Å². The Hall–Kier alpha value is -1.30. The van der Waals surface area contributed by atoms with Gasteiger partial charge in [-0.3, -0.25) is 4.79 Å². The lowest BCUT2D eigenvalue weighted by molar-refractivity contribution is -0.141. The summed E-state index contributed by atoms with van der Waals surface area (Å²) < 4.78 is 5.29. The van der Waals surface area contributed by atoms with Crippen molar-refractivity contribution in [3.8, 4) is 0 Å². The summed E-state index contributed by atoms with van der Waals surface area (Å²) in [6.07, 6.45) is 1.57. The molecule has 0 aromatic carbocycles. The van der Waals surface area contributed by atoms with Crippen molar-refractivity contribution in [2.24, 2.45) is 5.92 Å². The van der Waals surface area contributed by atoms with E-state index >= 15 is 0 Å². The third-order valence-electron chi connectivity index (χ3n) is 3.59. The van der Waals surface area contributed by atoms with Gasteiger partial charge in [0, 0.05) is 31.8 Å². The van der Waals surface area contributed by atoms with E-state index in [0.29, 0.717) is 19.8 Å². The number of carboxylic acid groups (broad SMARTS) is 1. The van der Waals surface area contributed by atoms with Crippen LogP contribution in [-0.4, -0.2) is 53.8 Å². The summed E-state index contributed by atoms with van der Waals surface area (Å²) in [5.74, 6) is -1.45. The molecule has 0 aliphatic carbocycles. The lowest BCUT2D eigenvalue weighted by Crippen LogP contribution is -2.54. The highest BCUT2D eigenvalue weighted by Gasteiger charge is 2.31. The molecule has 0 spiro atoms. The topological polar surface area (TPSA) is 78.9 Å². The molecule has 2 N–H and O–H groups in total. The van der Waals surface area contributed by atoms with Crippen LogP contribution in [0.4, 0.5) is 4.79 Å². The molecule has 1 atom stereocenters. The van der Waals surface area contributed by atoms with E-state index in [9.17, 15) is 9.59 Å². The number of ether oxygens (including phenoxy) is 1. The van der Waals surface area contributed by atoms with Crippen molar-refractivity contribution in [3.63, 3.8) is 0 Å². The minimum atomic E-state index is -0.886. The fraction of sp³-hybridized carbons (Fsp3) is 0.846. The van der Waals surface area contributed by atoms with Crippen molar-refractivity contribution in [2.75, 3.05) is 26.3 Å². The number of carbonyl (C=O) groups excluding carboxylic acids is 1. The first-order chi connectivity index (χ1) is 8.88. The van der Waals surface area contributed by atoms with E-state index in [4.69, 9.17) is 9.84 Å². The number of urea groups is 1. The molecular weight excluding hydrogens is 248 g/mol. The van der Waals surface area contributed by atoms with Crippen molar-refractivity contribution in [1.82, 2.24) is 10.2 Å². The van der Waals surface area contributed by atoms with Crippen molar-refractivity contribution in [3.05, 3.63) is 0 Å². The average Bonchev–Trinajstić information content (AvgIpc) is 2.35. The first kappa shape index (κ1) is 15.8. The van der Waals surface area contributed by atoms with Gasteiger partial charge in [0.1, 0.15) is 0 Å². The molecule has 1 aliphatic rings. The molecule has 1 saturated heterocycles. The molecule has 110 valence electrons. The van der Waals surface area contributed by atoms with Gasteiger partial charge in [0.15, 0.2) is 0 Å². The van der Waals surface area contributed by atoms with Crippen molar-refractivity contribution >= 4 is 12.0 Å². The largest absolute Gasteiger partial charge is 0.481 e. The molecular formula is C13H24N2O4. The Kier molecular flexibility index (Phi) is 5.60. The van der Waals surface area contributed by atoms with Crippen molar-refractivity contribution in [2.45, 2.75) is 39.2 Å². The number of amides is 2. The van der Waals surface area contributed by atoms with Gasteiger partial charge in [-0.05, 0) is 26.7 Å². The Labute approximate surface area is 114 Å². The minimum absolute atomic E-state index is 0.194. The highest BCUT2D eigenvalue weighted by Crippen LogP contribution is 2.20. The van der Waals surface area contributed by atoms with Crippen LogP contribution in [0.1, 0.15) is 33.6 Å². The fourth-order valence-electron chi connectivity index (χ4n) is 2.05. The second-order valence-corrected chi connectivity index (χ2v) is 5.38. The standard InChI is InChI=1S/C13H24N2O4/c1-4-15(9-10(2)11(16)17)12(18)14-13(3)5-7-19-8-6-13/h10H,4-9H2,1-3H3,(H,14,18)(H,16,17). The van der Waals surface area contributed by atoms with Crippen LogP contribution < -0.4 is 5.32 Å². The molecule has 1 unspecified atom stereocenters. The number of rotatable bonds is 5. The van der Waals surface area contributed by atoms with E-state index in [-0.39, 0.29) is 18.1 Å². The molecule has 6 heteroatoms. The molecule has 2 amide bonds. The lowest BCUT2D eigenvalue weighted by atomic mass is 9.93. The molecule has 6 nitrogen and oxygen atoms in total. The van der Waals surface area contributed by atoms with Crippen molar-refractivity contribution in [1.29, 1.82) is 0 Å². The van der Waals surface area contributed by atoms with E-state index in [2.05, 4.69) is 5.32 Å². The predicted octanol–water partition coefficient (Wildman–Crippen LogP) is 1.31. The van der Waals surface area contributed by atoms with E-state index in [0.717, 1.165) is 12.8 Å². The Morgan fingerprint density at radius 1 is 1.42 bits per heavy atom. The van der Waals surface area contributed by atoms with E-state index in [1.807, 2.05) is 13.8 Å². The first-order valence-electron chi connectivity index (χ1n) is 6.75.